The van der Waals surface area contributed by atoms with Crippen molar-refractivity contribution in [3.05, 3.63) is 332 Å². The van der Waals surface area contributed by atoms with E-state index in [1.54, 1.807) is 7.11 Å². The summed E-state index contributed by atoms with van der Waals surface area (Å²) in [5.74, 6) is 0.836. The molecule has 2 aliphatic rings. The van der Waals surface area contributed by atoms with E-state index in [0.29, 0.717) is 0 Å². The standard InChI is InChI=1S/C89H66N4O/c1-88(2)80-53-65(39-46-72(80)74-48-41-67(55-82(74)88)92-84-28-15-12-24-76(84)77-25-13-16-29-85(77)92)90(61-20-8-6-9-21-61)63-35-31-57(32-36-63)70-27-18-19-60-51-58(33-45-71(60)70)59-34-50-87-79(52-59)78-26-14-17-30-86(78)93(87)68-42-49-75-73-47-40-66(54-81(73)89(3,4)83(75)56-68)91(62-22-10-7-11-23-62)64-37-43-69(94-5)44-38-64/h6-56H,1-5H3. The first-order chi connectivity index (χ1) is 46.1. The maximum absolute atomic E-state index is 5.55. The van der Waals surface area contributed by atoms with Crippen molar-refractivity contribution in [2.75, 3.05) is 16.9 Å². The van der Waals surface area contributed by atoms with Crippen molar-refractivity contribution in [1.29, 1.82) is 0 Å². The summed E-state index contributed by atoms with van der Waals surface area (Å²) >= 11 is 0. The summed E-state index contributed by atoms with van der Waals surface area (Å²) in [7, 11) is 1.71. The highest BCUT2D eigenvalue weighted by atomic mass is 16.5. The third-order valence-corrected chi connectivity index (χ3v) is 20.6. The van der Waals surface area contributed by atoms with Crippen molar-refractivity contribution in [1.82, 2.24) is 9.13 Å². The minimum Gasteiger partial charge on any atom is -0.497 e. The van der Waals surface area contributed by atoms with Crippen molar-refractivity contribution >= 4 is 88.5 Å². The molecule has 5 nitrogen and oxygen atoms in total. The van der Waals surface area contributed by atoms with Crippen molar-refractivity contribution < 1.29 is 4.74 Å². The lowest BCUT2D eigenvalue weighted by Crippen LogP contribution is -2.17. The molecule has 0 unspecified atom stereocenters. The van der Waals surface area contributed by atoms with Crippen LogP contribution in [0, 0.1) is 0 Å². The van der Waals surface area contributed by atoms with E-state index < -0.39 is 0 Å². The van der Waals surface area contributed by atoms with Crippen LogP contribution in [0.25, 0.3) is 110 Å². The highest BCUT2D eigenvalue weighted by Gasteiger charge is 2.38. The second kappa shape index (κ2) is 21.2. The normalized spacial score (nSPS) is 13.3. The van der Waals surface area contributed by atoms with Gasteiger partial charge < -0.3 is 23.7 Å². The van der Waals surface area contributed by atoms with E-state index in [2.05, 4.69) is 344 Å². The molecule has 18 rings (SSSR count). The topological polar surface area (TPSA) is 25.6 Å². The zero-order valence-corrected chi connectivity index (χ0v) is 53.1. The molecule has 0 N–H and O–H groups in total. The van der Waals surface area contributed by atoms with E-state index in [1.165, 1.54) is 127 Å². The van der Waals surface area contributed by atoms with Crippen LogP contribution in [0.3, 0.4) is 0 Å². The number of rotatable bonds is 11. The van der Waals surface area contributed by atoms with Gasteiger partial charge in [0.05, 0.1) is 29.2 Å². The number of aromatic nitrogens is 2. The molecule has 2 aliphatic carbocycles. The molecule has 0 saturated carbocycles. The SMILES string of the molecule is COc1ccc(N(c2ccccc2)c2ccc3c(c2)C(C)(C)c2cc(-n4c5ccccc5c5cc(-c6ccc7c(-c8ccc(N(c9ccccc9)c9ccc%10c(c9)C(C)(C)c9cc(-n%11c%12ccccc%12c%12ccccc%12%11)ccc9-%10)cc8)cccc7c6)ccc54)ccc2-3)cc1. The van der Waals surface area contributed by atoms with Gasteiger partial charge in [-0.1, -0.05) is 191 Å². The van der Waals surface area contributed by atoms with Crippen LogP contribution in [0.2, 0.25) is 0 Å². The zero-order valence-electron chi connectivity index (χ0n) is 53.1. The van der Waals surface area contributed by atoms with E-state index in [9.17, 15) is 0 Å². The van der Waals surface area contributed by atoms with Crippen LogP contribution < -0.4 is 14.5 Å². The molecule has 0 saturated heterocycles. The molecule has 16 aromatic rings. The number of ether oxygens (including phenoxy) is 1. The minimum absolute atomic E-state index is 0.237. The Morgan fingerprint density at radius 1 is 0.266 bits per heavy atom. The molecule has 5 heteroatoms. The molecule has 0 fully saturated rings. The maximum atomic E-state index is 5.55. The van der Waals surface area contributed by atoms with Crippen LogP contribution in [0.1, 0.15) is 49.9 Å². The Morgan fingerprint density at radius 3 is 1.17 bits per heavy atom. The average Bonchev–Trinajstić information content (AvgIpc) is 1.57. The number of para-hydroxylation sites is 5. The van der Waals surface area contributed by atoms with Crippen LogP contribution in [-0.4, -0.2) is 16.2 Å². The Bertz CT molecular complexity index is 5660. The first-order valence-electron chi connectivity index (χ1n) is 32.7. The molecule has 2 aromatic heterocycles. The van der Waals surface area contributed by atoms with Gasteiger partial charge in [-0.15, -0.1) is 0 Å². The molecule has 94 heavy (non-hydrogen) atoms. The smallest absolute Gasteiger partial charge is 0.119 e. The summed E-state index contributed by atoms with van der Waals surface area (Å²) in [6.07, 6.45) is 0. The molecule has 0 atom stereocenters. The summed E-state index contributed by atoms with van der Waals surface area (Å²) in [5, 5.41) is 7.45. The van der Waals surface area contributed by atoms with Gasteiger partial charge in [0.1, 0.15) is 5.75 Å². The lowest BCUT2D eigenvalue weighted by Gasteiger charge is -2.28. The highest BCUT2D eigenvalue weighted by molar-refractivity contribution is 6.12. The molecular weight excluding hydrogens is 1140 g/mol. The van der Waals surface area contributed by atoms with Crippen LogP contribution in [0.5, 0.6) is 5.75 Å². The Labute approximate surface area is 547 Å². The van der Waals surface area contributed by atoms with Crippen LogP contribution in [-0.2, 0) is 10.8 Å². The Morgan fingerprint density at radius 2 is 0.660 bits per heavy atom. The molecule has 0 aliphatic heterocycles. The van der Waals surface area contributed by atoms with E-state index >= 15 is 0 Å². The van der Waals surface area contributed by atoms with Gasteiger partial charge in [-0.25, -0.2) is 0 Å². The molecule has 2 heterocycles. The van der Waals surface area contributed by atoms with Gasteiger partial charge in [0.15, 0.2) is 0 Å². The van der Waals surface area contributed by atoms with Gasteiger partial charge in [-0.3, -0.25) is 0 Å². The number of nitrogens with zero attached hydrogens (tertiary/aromatic N) is 4. The van der Waals surface area contributed by atoms with Gasteiger partial charge in [0.2, 0.25) is 0 Å². The predicted octanol–water partition coefficient (Wildman–Crippen LogP) is 23.9. The van der Waals surface area contributed by atoms with E-state index in [1.807, 2.05) is 12.1 Å². The van der Waals surface area contributed by atoms with Gasteiger partial charge in [0, 0.05) is 77.9 Å². The average molecular weight is 1210 g/mol. The van der Waals surface area contributed by atoms with Gasteiger partial charge >= 0.3 is 0 Å². The molecule has 14 aromatic carbocycles. The first-order valence-corrected chi connectivity index (χ1v) is 32.7. The van der Waals surface area contributed by atoms with E-state index in [4.69, 9.17) is 4.74 Å². The second-order valence-corrected chi connectivity index (χ2v) is 26.5. The molecule has 0 amide bonds. The third kappa shape index (κ3) is 8.54. The number of hydrogen-bond donors (Lipinski definition) is 0. The van der Waals surface area contributed by atoms with Gasteiger partial charge in [0.25, 0.3) is 0 Å². The lowest BCUT2D eigenvalue weighted by molar-refractivity contribution is 0.415. The Hall–Kier alpha value is -11.7. The van der Waals surface area contributed by atoms with Gasteiger partial charge in [-0.05, 0) is 223 Å². The van der Waals surface area contributed by atoms with Crippen molar-refractivity contribution in [2.24, 2.45) is 0 Å². The van der Waals surface area contributed by atoms with Crippen LogP contribution in [0.15, 0.2) is 309 Å². The van der Waals surface area contributed by atoms with Gasteiger partial charge in [-0.2, -0.15) is 0 Å². The van der Waals surface area contributed by atoms with E-state index in [0.717, 1.165) is 45.6 Å². The molecule has 448 valence electrons. The van der Waals surface area contributed by atoms with Crippen molar-refractivity contribution in [2.45, 2.75) is 38.5 Å². The number of hydrogen-bond acceptors (Lipinski definition) is 3. The maximum Gasteiger partial charge on any atom is 0.119 e. The number of fused-ring (bicyclic) bond motifs is 13. The molecule has 0 bridgehead atoms. The lowest BCUT2D eigenvalue weighted by atomic mass is 9.82. The Balaban J connectivity index is 0.645. The van der Waals surface area contributed by atoms with E-state index in [-0.39, 0.29) is 10.8 Å². The summed E-state index contributed by atoms with van der Waals surface area (Å²) in [6.45, 7) is 9.54. The highest BCUT2D eigenvalue weighted by Crippen LogP contribution is 2.54. The fourth-order valence-electron chi connectivity index (χ4n) is 15.9. The number of methoxy groups -OCH3 is 1. The largest absolute Gasteiger partial charge is 0.497 e. The fraction of sp³-hybridized carbons (Fsp3) is 0.0787. The Kier molecular flexibility index (Phi) is 12.5. The quantitative estimate of drug-likeness (QED) is 0.129. The van der Waals surface area contributed by atoms with Crippen LogP contribution >= 0.6 is 0 Å². The summed E-state index contributed by atoms with van der Waals surface area (Å²) < 4.78 is 10.4. The van der Waals surface area contributed by atoms with Crippen molar-refractivity contribution in [3.8, 4) is 61.6 Å². The molecule has 0 spiro atoms. The zero-order chi connectivity index (χ0) is 63.0. The molecule has 0 radical (unpaired) electrons. The monoisotopic (exact) mass is 1210 g/mol. The minimum atomic E-state index is -0.256. The second-order valence-electron chi connectivity index (χ2n) is 26.5. The fourth-order valence-corrected chi connectivity index (χ4v) is 15.9. The summed E-state index contributed by atoms with van der Waals surface area (Å²) in [6, 6.07) is 114. The van der Waals surface area contributed by atoms with Crippen LogP contribution in [0.4, 0.5) is 34.1 Å². The molecular formula is C89H66N4O. The number of benzene rings is 14. The number of anilines is 6. The summed E-state index contributed by atoms with van der Waals surface area (Å²) in [5.41, 5.74) is 28.6. The van der Waals surface area contributed by atoms with Crippen molar-refractivity contribution in [3.63, 3.8) is 0 Å². The summed E-state index contributed by atoms with van der Waals surface area (Å²) in [4.78, 5) is 4.74. The predicted molar refractivity (Wildman–Crippen MR) is 395 cm³/mol. The first kappa shape index (κ1) is 55.2. The third-order valence-electron chi connectivity index (χ3n) is 20.6.